The zero-order valence-corrected chi connectivity index (χ0v) is 20.6. The highest BCUT2D eigenvalue weighted by molar-refractivity contribution is 6.09. The van der Waals surface area contributed by atoms with E-state index < -0.39 is 11.9 Å². The third kappa shape index (κ3) is 5.79. The van der Waals surface area contributed by atoms with Crippen LogP contribution in [0.25, 0.3) is 0 Å². The number of ether oxygens (including phenoxy) is 1. The summed E-state index contributed by atoms with van der Waals surface area (Å²) in [7, 11) is 1.56. The number of nitrogens with one attached hydrogen (secondary N) is 1. The molecule has 1 aromatic heterocycles. The summed E-state index contributed by atoms with van der Waals surface area (Å²) >= 11 is 0. The van der Waals surface area contributed by atoms with E-state index >= 15 is 0 Å². The Morgan fingerprint density at radius 2 is 1.72 bits per heavy atom. The fraction of sp³-hybridized carbons (Fsp3) is 0.310. The molecule has 0 aliphatic heterocycles. The van der Waals surface area contributed by atoms with Gasteiger partial charge >= 0.3 is 0 Å². The van der Waals surface area contributed by atoms with Gasteiger partial charge in [-0.25, -0.2) is 0 Å². The molecular weight excluding hydrogens is 454 g/mol. The monoisotopic (exact) mass is 485 g/mol. The molecule has 3 aromatic rings. The summed E-state index contributed by atoms with van der Waals surface area (Å²) < 4.78 is 5.42. The van der Waals surface area contributed by atoms with Gasteiger partial charge in [0.25, 0.3) is 5.91 Å². The molecule has 2 amide bonds. The molecule has 0 bridgehead atoms. The van der Waals surface area contributed by atoms with Crippen molar-refractivity contribution in [3.63, 3.8) is 0 Å². The maximum absolute atomic E-state index is 13.9. The van der Waals surface area contributed by atoms with E-state index in [1.807, 2.05) is 6.07 Å². The summed E-state index contributed by atoms with van der Waals surface area (Å²) in [6.07, 6.45) is 6.68. The van der Waals surface area contributed by atoms with E-state index in [4.69, 9.17) is 4.74 Å². The van der Waals surface area contributed by atoms with Crippen LogP contribution in [0.2, 0.25) is 0 Å². The molecule has 7 nitrogen and oxygen atoms in total. The normalized spacial score (nSPS) is 14.5. The first kappa shape index (κ1) is 25.1. The summed E-state index contributed by atoms with van der Waals surface area (Å²) in [5.74, 6) is -0.184. The van der Waals surface area contributed by atoms with Crippen LogP contribution < -0.4 is 15.0 Å². The molecule has 2 aromatic carbocycles. The molecule has 7 heteroatoms. The Balaban J connectivity index is 1.82. The van der Waals surface area contributed by atoms with Crippen molar-refractivity contribution < 1.29 is 19.1 Å². The standard InChI is InChI=1S/C29H31N3O4/c1-20(33)21-14-16-24(17-15-21)32(29(35)26-13-6-7-18-30-26)27(22-9-8-12-25(19-22)36-2)28(34)31-23-10-4-3-5-11-23/h6-9,12-19,23,27H,3-5,10-11H2,1-2H3,(H,31,34)/t27-/m1/s1. The molecule has 1 atom stereocenters. The predicted molar refractivity (Wildman–Crippen MR) is 138 cm³/mol. The van der Waals surface area contributed by atoms with Crippen molar-refractivity contribution in [3.05, 3.63) is 89.7 Å². The number of rotatable bonds is 8. The van der Waals surface area contributed by atoms with Gasteiger partial charge in [-0.1, -0.05) is 37.5 Å². The van der Waals surface area contributed by atoms with Gasteiger partial charge in [-0.15, -0.1) is 0 Å². The molecule has 0 radical (unpaired) electrons. The number of anilines is 1. The number of carbonyl (C=O) groups excluding carboxylic acids is 3. The van der Waals surface area contributed by atoms with Crippen molar-refractivity contribution in [3.8, 4) is 5.75 Å². The summed E-state index contributed by atoms with van der Waals surface area (Å²) in [4.78, 5) is 45.4. The van der Waals surface area contributed by atoms with Crippen molar-refractivity contribution >= 4 is 23.3 Å². The van der Waals surface area contributed by atoms with Crippen molar-refractivity contribution in [1.82, 2.24) is 10.3 Å². The van der Waals surface area contributed by atoms with Gasteiger partial charge < -0.3 is 10.1 Å². The number of ketones is 1. The second-order valence-corrected chi connectivity index (χ2v) is 9.02. The molecule has 1 N–H and O–H groups in total. The number of amides is 2. The minimum absolute atomic E-state index is 0.0613. The first-order valence-electron chi connectivity index (χ1n) is 12.3. The first-order valence-corrected chi connectivity index (χ1v) is 12.3. The van der Waals surface area contributed by atoms with Gasteiger partial charge in [-0.3, -0.25) is 24.3 Å². The number of pyridine rings is 1. The number of aromatic nitrogens is 1. The van der Waals surface area contributed by atoms with Gasteiger partial charge in [0, 0.05) is 23.5 Å². The van der Waals surface area contributed by atoms with Crippen molar-refractivity contribution in [2.24, 2.45) is 0 Å². The average Bonchev–Trinajstić information content (AvgIpc) is 2.92. The zero-order chi connectivity index (χ0) is 25.5. The number of Topliss-reactive ketones (excluding diaryl/α,β-unsaturated/α-hetero) is 1. The van der Waals surface area contributed by atoms with Crippen molar-refractivity contribution in [2.75, 3.05) is 12.0 Å². The number of hydrogen-bond acceptors (Lipinski definition) is 5. The summed E-state index contributed by atoms with van der Waals surface area (Å²) in [5.41, 5.74) is 1.84. The maximum Gasteiger partial charge on any atom is 0.277 e. The van der Waals surface area contributed by atoms with E-state index in [0.717, 1.165) is 25.7 Å². The van der Waals surface area contributed by atoms with Crippen molar-refractivity contribution in [2.45, 2.75) is 51.1 Å². The third-order valence-electron chi connectivity index (χ3n) is 6.52. The minimum Gasteiger partial charge on any atom is -0.497 e. The molecule has 1 heterocycles. The molecule has 186 valence electrons. The van der Waals surface area contributed by atoms with Gasteiger partial charge in [0.1, 0.15) is 17.5 Å². The topological polar surface area (TPSA) is 88.6 Å². The van der Waals surface area contributed by atoms with Crippen LogP contribution in [0.5, 0.6) is 5.75 Å². The number of methoxy groups -OCH3 is 1. The van der Waals surface area contributed by atoms with E-state index in [1.165, 1.54) is 18.2 Å². The smallest absolute Gasteiger partial charge is 0.277 e. The zero-order valence-electron chi connectivity index (χ0n) is 20.6. The Morgan fingerprint density at radius 1 is 0.972 bits per heavy atom. The van der Waals surface area contributed by atoms with Gasteiger partial charge in [-0.2, -0.15) is 0 Å². The Kier molecular flexibility index (Phi) is 8.10. The molecule has 0 unspecified atom stereocenters. The maximum atomic E-state index is 13.9. The molecule has 36 heavy (non-hydrogen) atoms. The second kappa shape index (κ2) is 11.6. The van der Waals surface area contributed by atoms with Crippen LogP contribution in [-0.4, -0.2) is 35.7 Å². The molecule has 1 saturated carbocycles. The van der Waals surface area contributed by atoms with E-state index in [0.29, 0.717) is 22.6 Å². The minimum atomic E-state index is -0.972. The molecule has 1 fully saturated rings. The number of nitrogens with zero attached hydrogens (tertiary/aromatic N) is 2. The molecular formula is C29H31N3O4. The van der Waals surface area contributed by atoms with Crippen molar-refractivity contribution in [1.29, 1.82) is 0 Å². The average molecular weight is 486 g/mol. The largest absolute Gasteiger partial charge is 0.497 e. The first-order chi connectivity index (χ1) is 17.5. The van der Waals surface area contributed by atoms with E-state index in [2.05, 4.69) is 10.3 Å². The van der Waals surface area contributed by atoms with E-state index in [-0.39, 0.29) is 23.4 Å². The van der Waals surface area contributed by atoms with Crippen LogP contribution in [0, 0.1) is 0 Å². The Labute approximate surface area is 211 Å². The highest BCUT2D eigenvalue weighted by atomic mass is 16.5. The lowest BCUT2D eigenvalue weighted by molar-refractivity contribution is -0.123. The fourth-order valence-corrected chi connectivity index (χ4v) is 4.61. The van der Waals surface area contributed by atoms with Gasteiger partial charge in [0.15, 0.2) is 5.78 Å². The van der Waals surface area contributed by atoms with Crippen LogP contribution in [0.15, 0.2) is 72.9 Å². The molecule has 4 rings (SSSR count). The van der Waals surface area contributed by atoms with Crippen LogP contribution in [-0.2, 0) is 4.79 Å². The Bertz CT molecular complexity index is 1200. The van der Waals surface area contributed by atoms with Crippen LogP contribution in [0.1, 0.15) is 71.5 Å². The summed E-state index contributed by atoms with van der Waals surface area (Å²) in [5, 5.41) is 3.19. The third-order valence-corrected chi connectivity index (χ3v) is 6.52. The summed E-state index contributed by atoms with van der Waals surface area (Å²) in [6, 6.07) is 18.1. The molecule has 1 aliphatic carbocycles. The van der Waals surface area contributed by atoms with Crippen LogP contribution in [0.4, 0.5) is 5.69 Å². The lowest BCUT2D eigenvalue weighted by atomic mass is 9.94. The molecule has 0 saturated heterocycles. The number of carbonyl (C=O) groups is 3. The fourth-order valence-electron chi connectivity index (χ4n) is 4.61. The quantitative estimate of drug-likeness (QED) is 0.447. The van der Waals surface area contributed by atoms with E-state index in [1.54, 1.807) is 74.0 Å². The molecule has 0 spiro atoms. The lowest BCUT2D eigenvalue weighted by Crippen LogP contribution is -2.47. The Hall–Kier alpha value is -4.00. The van der Waals surface area contributed by atoms with Gasteiger partial charge in [0.2, 0.25) is 5.91 Å². The number of hydrogen-bond donors (Lipinski definition) is 1. The lowest BCUT2D eigenvalue weighted by Gasteiger charge is -2.33. The van der Waals surface area contributed by atoms with Crippen LogP contribution in [0.3, 0.4) is 0 Å². The summed E-state index contributed by atoms with van der Waals surface area (Å²) in [6.45, 7) is 1.49. The SMILES string of the molecule is COc1cccc([C@H](C(=O)NC2CCCCC2)N(C(=O)c2ccccn2)c2ccc(C(C)=O)cc2)c1. The Morgan fingerprint density at radius 3 is 2.36 bits per heavy atom. The van der Waals surface area contributed by atoms with Crippen LogP contribution >= 0.6 is 0 Å². The van der Waals surface area contributed by atoms with E-state index in [9.17, 15) is 14.4 Å². The molecule has 1 aliphatic rings. The number of benzene rings is 2. The predicted octanol–water partition coefficient (Wildman–Crippen LogP) is 5.13. The van der Waals surface area contributed by atoms with Gasteiger partial charge in [0.05, 0.1) is 7.11 Å². The highest BCUT2D eigenvalue weighted by Crippen LogP contribution is 2.32. The highest BCUT2D eigenvalue weighted by Gasteiger charge is 2.35. The second-order valence-electron chi connectivity index (χ2n) is 9.02. The van der Waals surface area contributed by atoms with Gasteiger partial charge in [-0.05, 0) is 73.9 Å².